The zero-order valence-corrected chi connectivity index (χ0v) is 14.7. The summed E-state index contributed by atoms with van der Waals surface area (Å²) in [5.41, 5.74) is 0.692. The average Bonchev–Trinajstić information content (AvgIpc) is 2.58. The van der Waals surface area contributed by atoms with Crippen molar-refractivity contribution < 1.29 is 14.3 Å². The molecule has 5 heteroatoms. The number of nitrogens with one attached hydrogen (secondary N) is 1. The number of benzene rings is 2. The SMILES string of the molecule is CCCCOc1ccc(NC(=O)[C@H](C)Oc2ccccc2Cl)cc1. The first-order valence-corrected chi connectivity index (χ1v) is 8.43. The molecule has 1 amide bonds. The van der Waals surface area contributed by atoms with Crippen molar-refractivity contribution in [2.24, 2.45) is 0 Å². The molecule has 1 atom stereocenters. The molecule has 0 unspecified atom stereocenters. The summed E-state index contributed by atoms with van der Waals surface area (Å²) >= 11 is 6.03. The molecule has 0 radical (unpaired) electrons. The Hall–Kier alpha value is -2.20. The summed E-state index contributed by atoms with van der Waals surface area (Å²) in [5.74, 6) is 1.04. The van der Waals surface area contributed by atoms with Gasteiger partial charge in [0.1, 0.15) is 11.5 Å². The van der Waals surface area contributed by atoms with Gasteiger partial charge in [0.05, 0.1) is 11.6 Å². The predicted octanol–water partition coefficient (Wildman–Crippen LogP) is 4.92. The number of para-hydroxylation sites is 1. The van der Waals surface area contributed by atoms with Gasteiger partial charge in [0.25, 0.3) is 5.91 Å². The molecule has 2 aromatic rings. The predicted molar refractivity (Wildman–Crippen MR) is 97.0 cm³/mol. The molecule has 0 aliphatic carbocycles. The second-order valence-electron chi connectivity index (χ2n) is 5.41. The van der Waals surface area contributed by atoms with Gasteiger partial charge in [-0.05, 0) is 49.7 Å². The van der Waals surface area contributed by atoms with E-state index in [9.17, 15) is 4.79 Å². The number of anilines is 1. The Morgan fingerprint density at radius 3 is 2.54 bits per heavy atom. The van der Waals surface area contributed by atoms with Crippen LogP contribution in [0.4, 0.5) is 5.69 Å². The molecule has 0 heterocycles. The van der Waals surface area contributed by atoms with Crippen LogP contribution in [0.5, 0.6) is 11.5 Å². The van der Waals surface area contributed by atoms with Gasteiger partial charge < -0.3 is 14.8 Å². The summed E-state index contributed by atoms with van der Waals surface area (Å²) in [5, 5.41) is 3.29. The van der Waals surface area contributed by atoms with E-state index >= 15 is 0 Å². The Balaban J connectivity index is 1.88. The van der Waals surface area contributed by atoms with Gasteiger partial charge in [0, 0.05) is 5.69 Å². The second kappa shape index (κ2) is 9.18. The van der Waals surface area contributed by atoms with E-state index in [0.29, 0.717) is 23.1 Å². The van der Waals surface area contributed by atoms with Gasteiger partial charge in [-0.3, -0.25) is 4.79 Å². The van der Waals surface area contributed by atoms with Crippen LogP contribution in [-0.2, 0) is 4.79 Å². The number of rotatable bonds is 8. The van der Waals surface area contributed by atoms with Crippen molar-refractivity contribution in [2.75, 3.05) is 11.9 Å². The van der Waals surface area contributed by atoms with E-state index in [1.165, 1.54) is 0 Å². The highest BCUT2D eigenvalue weighted by Gasteiger charge is 2.16. The molecule has 0 bridgehead atoms. The lowest BCUT2D eigenvalue weighted by Gasteiger charge is -2.15. The van der Waals surface area contributed by atoms with Crippen molar-refractivity contribution in [2.45, 2.75) is 32.8 Å². The maximum absolute atomic E-state index is 12.2. The molecule has 0 aliphatic rings. The van der Waals surface area contributed by atoms with Crippen molar-refractivity contribution in [3.63, 3.8) is 0 Å². The van der Waals surface area contributed by atoms with E-state index in [-0.39, 0.29) is 5.91 Å². The van der Waals surface area contributed by atoms with E-state index in [2.05, 4.69) is 12.2 Å². The maximum Gasteiger partial charge on any atom is 0.265 e. The molecule has 0 aromatic heterocycles. The topological polar surface area (TPSA) is 47.6 Å². The normalized spacial score (nSPS) is 11.6. The summed E-state index contributed by atoms with van der Waals surface area (Å²) in [7, 11) is 0. The smallest absolute Gasteiger partial charge is 0.265 e. The first kappa shape index (κ1) is 18.1. The van der Waals surface area contributed by atoms with E-state index < -0.39 is 6.10 Å². The molecule has 2 rings (SSSR count). The monoisotopic (exact) mass is 347 g/mol. The van der Waals surface area contributed by atoms with Crippen LogP contribution in [0.25, 0.3) is 0 Å². The number of hydrogen-bond donors (Lipinski definition) is 1. The van der Waals surface area contributed by atoms with Gasteiger partial charge in [-0.25, -0.2) is 0 Å². The first-order chi connectivity index (χ1) is 11.6. The molecular weight excluding hydrogens is 326 g/mol. The summed E-state index contributed by atoms with van der Waals surface area (Å²) < 4.78 is 11.2. The number of carbonyl (C=O) groups excluding carboxylic acids is 1. The lowest BCUT2D eigenvalue weighted by atomic mass is 10.2. The molecule has 0 saturated heterocycles. The van der Waals surface area contributed by atoms with Gasteiger partial charge in [-0.15, -0.1) is 0 Å². The Morgan fingerprint density at radius 2 is 1.88 bits per heavy atom. The fourth-order valence-electron chi connectivity index (χ4n) is 2.00. The van der Waals surface area contributed by atoms with Crippen LogP contribution in [0.3, 0.4) is 0 Å². The largest absolute Gasteiger partial charge is 0.494 e. The number of amides is 1. The highest BCUT2D eigenvalue weighted by atomic mass is 35.5. The van der Waals surface area contributed by atoms with Crippen molar-refractivity contribution in [1.82, 2.24) is 0 Å². The third-order valence-electron chi connectivity index (χ3n) is 3.40. The Labute approximate surface area is 147 Å². The summed E-state index contributed by atoms with van der Waals surface area (Å²) in [6.07, 6.45) is 1.46. The second-order valence-corrected chi connectivity index (χ2v) is 5.81. The van der Waals surface area contributed by atoms with Crippen molar-refractivity contribution in [1.29, 1.82) is 0 Å². The molecule has 0 saturated carbocycles. The summed E-state index contributed by atoms with van der Waals surface area (Å²) in [6, 6.07) is 14.4. The number of carbonyl (C=O) groups is 1. The van der Waals surface area contributed by atoms with Crippen molar-refractivity contribution >= 4 is 23.2 Å². The fraction of sp³-hybridized carbons (Fsp3) is 0.316. The molecule has 0 aliphatic heterocycles. The van der Waals surface area contributed by atoms with Crippen molar-refractivity contribution in [3.8, 4) is 11.5 Å². The Kier molecular flexibility index (Phi) is 6.94. The zero-order valence-electron chi connectivity index (χ0n) is 13.9. The Bertz CT molecular complexity index is 658. The van der Waals surface area contributed by atoms with E-state index in [0.717, 1.165) is 18.6 Å². The van der Waals surface area contributed by atoms with Crippen LogP contribution in [0.15, 0.2) is 48.5 Å². The highest BCUT2D eigenvalue weighted by Crippen LogP contribution is 2.24. The van der Waals surface area contributed by atoms with Gasteiger partial charge in [0.2, 0.25) is 0 Å². The summed E-state index contributed by atoms with van der Waals surface area (Å²) in [6.45, 7) is 4.50. The van der Waals surface area contributed by atoms with Crippen LogP contribution >= 0.6 is 11.6 Å². The van der Waals surface area contributed by atoms with Crippen LogP contribution < -0.4 is 14.8 Å². The third kappa shape index (κ3) is 5.46. The lowest BCUT2D eigenvalue weighted by molar-refractivity contribution is -0.122. The molecule has 128 valence electrons. The first-order valence-electron chi connectivity index (χ1n) is 8.05. The van der Waals surface area contributed by atoms with Gasteiger partial charge >= 0.3 is 0 Å². The van der Waals surface area contributed by atoms with Gasteiger partial charge in [0.15, 0.2) is 6.10 Å². The lowest BCUT2D eigenvalue weighted by Crippen LogP contribution is -2.30. The maximum atomic E-state index is 12.2. The standard InChI is InChI=1S/C19H22ClNO3/c1-3-4-13-23-16-11-9-15(10-12-16)21-19(22)14(2)24-18-8-6-5-7-17(18)20/h5-12,14H,3-4,13H2,1-2H3,(H,21,22)/t14-/m0/s1. The molecule has 4 nitrogen and oxygen atoms in total. The van der Waals surface area contributed by atoms with Gasteiger partial charge in [-0.2, -0.15) is 0 Å². The summed E-state index contributed by atoms with van der Waals surface area (Å²) in [4.78, 5) is 12.2. The number of ether oxygens (including phenoxy) is 2. The molecule has 0 spiro atoms. The van der Waals surface area contributed by atoms with Crippen LogP contribution in [0, 0.1) is 0 Å². The zero-order chi connectivity index (χ0) is 17.4. The fourth-order valence-corrected chi connectivity index (χ4v) is 2.18. The van der Waals surface area contributed by atoms with E-state index in [1.807, 2.05) is 24.3 Å². The van der Waals surface area contributed by atoms with Crippen LogP contribution in [0.2, 0.25) is 5.02 Å². The molecular formula is C19H22ClNO3. The number of hydrogen-bond acceptors (Lipinski definition) is 3. The Morgan fingerprint density at radius 1 is 1.17 bits per heavy atom. The minimum atomic E-state index is -0.662. The molecule has 24 heavy (non-hydrogen) atoms. The molecule has 1 N–H and O–H groups in total. The van der Waals surface area contributed by atoms with E-state index in [4.69, 9.17) is 21.1 Å². The number of unbranched alkanes of at least 4 members (excludes halogenated alkanes) is 1. The quantitative estimate of drug-likeness (QED) is 0.689. The van der Waals surface area contributed by atoms with Crippen molar-refractivity contribution in [3.05, 3.63) is 53.6 Å². The third-order valence-corrected chi connectivity index (χ3v) is 3.71. The highest BCUT2D eigenvalue weighted by molar-refractivity contribution is 6.32. The average molecular weight is 348 g/mol. The van der Waals surface area contributed by atoms with Gasteiger partial charge in [-0.1, -0.05) is 37.1 Å². The number of halogens is 1. The minimum Gasteiger partial charge on any atom is -0.494 e. The molecule has 0 fully saturated rings. The van der Waals surface area contributed by atoms with Crippen LogP contribution in [0.1, 0.15) is 26.7 Å². The minimum absolute atomic E-state index is 0.241. The molecule has 2 aromatic carbocycles. The van der Waals surface area contributed by atoms with E-state index in [1.54, 1.807) is 31.2 Å². The van der Waals surface area contributed by atoms with Crippen LogP contribution in [-0.4, -0.2) is 18.6 Å².